The third kappa shape index (κ3) is 22.3. The van der Waals surface area contributed by atoms with Gasteiger partial charge in [-0.3, -0.25) is 28.8 Å². The van der Waals surface area contributed by atoms with Crippen LogP contribution in [0.2, 0.25) is 0 Å². The molecule has 0 rings (SSSR count). The van der Waals surface area contributed by atoms with Gasteiger partial charge in [0.15, 0.2) is 0 Å². The predicted octanol–water partition coefficient (Wildman–Crippen LogP) is 5.10. The van der Waals surface area contributed by atoms with E-state index >= 15 is 0 Å². The van der Waals surface area contributed by atoms with Crippen LogP contribution in [0.1, 0.15) is 102 Å². The molecule has 7 heteroatoms. The summed E-state index contributed by atoms with van der Waals surface area (Å²) < 4.78 is 0. The standard InChI is InChI=1S/3C9H16O2.Al/c3*1-6(2)8(10)5-9(11)7(3)4;/h3*6-7H,5H2,1-4H3;. The predicted molar refractivity (Wildman–Crippen MR) is 139 cm³/mol. The van der Waals surface area contributed by atoms with Crippen molar-refractivity contribution < 1.29 is 28.8 Å². The van der Waals surface area contributed by atoms with E-state index in [-0.39, 0.29) is 107 Å². The van der Waals surface area contributed by atoms with Crippen molar-refractivity contribution in [3.63, 3.8) is 0 Å². The van der Waals surface area contributed by atoms with Crippen LogP contribution in [-0.2, 0) is 28.8 Å². The molecule has 0 amide bonds. The third-order valence-corrected chi connectivity index (χ3v) is 4.91. The van der Waals surface area contributed by atoms with E-state index in [0.29, 0.717) is 0 Å². The molecule has 0 bridgehead atoms. The Morgan fingerprint density at radius 1 is 0.324 bits per heavy atom. The van der Waals surface area contributed by atoms with Crippen molar-refractivity contribution in [2.75, 3.05) is 0 Å². The third-order valence-electron chi connectivity index (χ3n) is 4.91. The summed E-state index contributed by atoms with van der Waals surface area (Å²) in [5, 5.41) is 0. The maximum atomic E-state index is 11.0. The minimum atomic E-state index is -0.0160. The van der Waals surface area contributed by atoms with Crippen LogP contribution in [0.4, 0.5) is 0 Å². The van der Waals surface area contributed by atoms with Gasteiger partial charge in [0.05, 0.1) is 19.3 Å². The van der Waals surface area contributed by atoms with Crippen molar-refractivity contribution in [2.24, 2.45) is 35.5 Å². The Bertz CT molecular complexity index is 514. The van der Waals surface area contributed by atoms with Crippen LogP contribution in [0, 0.1) is 35.5 Å². The molecule has 0 aromatic heterocycles. The van der Waals surface area contributed by atoms with Gasteiger partial charge in [-0.2, -0.15) is 0 Å². The van der Waals surface area contributed by atoms with E-state index < -0.39 is 0 Å². The molecule has 0 atom stereocenters. The molecule has 0 unspecified atom stereocenters. The van der Waals surface area contributed by atoms with Crippen molar-refractivity contribution >= 4 is 52.1 Å². The van der Waals surface area contributed by atoms with Crippen LogP contribution in [0.25, 0.3) is 0 Å². The minimum absolute atomic E-state index is 0. The van der Waals surface area contributed by atoms with Crippen molar-refractivity contribution in [2.45, 2.75) is 102 Å². The normalized spacial score (nSPS) is 10.4. The zero-order valence-corrected chi connectivity index (χ0v) is 24.8. The number of carbonyl (C=O) groups excluding carboxylic acids is 6. The molecule has 34 heavy (non-hydrogen) atoms. The first-order valence-electron chi connectivity index (χ1n) is 12.0. The molecule has 0 aromatic rings. The van der Waals surface area contributed by atoms with Crippen LogP contribution in [0.5, 0.6) is 0 Å². The first-order valence-corrected chi connectivity index (χ1v) is 12.0. The van der Waals surface area contributed by atoms with E-state index in [0.717, 1.165) is 0 Å². The molecule has 0 saturated carbocycles. The lowest BCUT2D eigenvalue weighted by Gasteiger charge is -2.04. The summed E-state index contributed by atoms with van der Waals surface area (Å²) in [6.07, 6.45) is 0.319. The number of Topliss-reactive ketones (excluding diaryl/α,β-unsaturated/α-hetero) is 6. The molecule has 0 fully saturated rings. The lowest BCUT2D eigenvalue weighted by Crippen LogP contribution is -2.16. The van der Waals surface area contributed by atoms with Gasteiger partial charge < -0.3 is 0 Å². The van der Waals surface area contributed by atoms with Crippen molar-refractivity contribution in [1.29, 1.82) is 0 Å². The second-order valence-electron chi connectivity index (χ2n) is 10.3. The van der Waals surface area contributed by atoms with E-state index in [4.69, 9.17) is 0 Å². The summed E-state index contributed by atoms with van der Waals surface area (Å²) in [6.45, 7) is 21.8. The quantitative estimate of drug-likeness (QED) is 0.276. The second-order valence-corrected chi connectivity index (χ2v) is 10.3. The van der Waals surface area contributed by atoms with Crippen LogP contribution in [0.15, 0.2) is 0 Å². The Kier molecular flexibility index (Phi) is 24.4. The van der Waals surface area contributed by atoms with Gasteiger partial charge in [-0.1, -0.05) is 83.1 Å². The van der Waals surface area contributed by atoms with Crippen molar-refractivity contribution in [3.8, 4) is 0 Å². The highest BCUT2D eigenvalue weighted by molar-refractivity contribution is 6.01. The molecule has 0 heterocycles. The maximum absolute atomic E-state index is 11.0. The van der Waals surface area contributed by atoms with Gasteiger partial charge >= 0.3 is 0 Å². The molecule has 195 valence electrons. The average molecular weight is 496 g/mol. The second kappa shape index (κ2) is 20.9. The molecule has 0 aliphatic carbocycles. The molecule has 0 spiro atoms. The van der Waals surface area contributed by atoms with E-state index in [2.05, 4.69) is 0 Å². The van der Waals surface area contributed by atoms with Gasteiger partial charge in [0.2, 0.25) is 0 Å². The van der Waals surface area contributed by atoms with Gasteiger partial charge in [0.25, 0.3) is 0 Å². The smallest absolute Gasteiger partial charge is 0.142 e. The molecule has 0 aliphatic heterocycles. The van der Waals surface area contributed by atoms with Crippen LogP contribution in [-0.4, -0.2) is 52.1 Å². The monoisotopic (exact) mass is 495 g/mol. The fourth-order valence-electron chi connectivity index (χ4n) is 1.74. The topological polar surface area (TPSA) is 102 Å². The summed E-state index contributed by atoms with van der Waals surface area (Å²) in [6, 6.07) is 0. The highest BCUT2D eigenvalue weighted by Gasteiger charge is 2.16. The Morgan fingerprint density at radius 3 is 0.471 bits per heavy atom. The largest absolute Gasteiger partial charge is 0.299 e. The fraction of sp³-hybridized carbons (Fsp3) is 0.778. The van der Waals surface area contributed by atoms with Crippen LogP contribution < -0.4 is 0 Å². The summed E-state index contributed by atoms with van der Waals surface area (Å²) in [4.78, 5) is 66.2. The molecular weight excluding hydrogens is 447 g/mol. The summed E-state index contributed by atoms with van der Waals surface area (Å²) in [5.41, 5.74) is 0. The summed E-state index contributed by atoms with van der Waals surface area (Å²) in [5.74, 6) is 0.174. The molecule has 0 aromatic carbocycles. The average Bonchev–Trinajstić information content (AvgIpc) is 2.67. The maximum Gasteiger partial charge on any atom is 0.142 e. The van der Waals surface area contributed by atoms with E-state index in [1.807, 2.05) is 83.1 Å². The number of ketones is 6. The molecule has 0 saturated heterocycles. The first kappa shape index (κ1) is 39.8. The van der Waals surface area contributed by atoms with E-state index in [9.17, 15) is 28.8 Å². The molecule has 6 nitrogen and oxygen atoms in total. The highest BCUT2D eigenvalue weighted by Crippen LogP contribution is 2.06. The number of hydrogen-bond acceptors (Lipinski definition) is 6. The van der Waals surface area contributed by atoms with Crippen LogP contribution in [0.3, 0.4) is 0 Å². The SMILES string of the molecule is CC(C)C(=O)CC(=O)C(C)C.CC(C)C(=O)CC(=O)C(C)C.CC(C)C(=O)CC(=O)C(C)C.[Al]. The Morgan fingerprint density at radius 2 is 0.412 bits per heavy atom. The fourth-order valence-corrected chi connectivity index (χ4v) is 1.74. The molecule has 0 N–H and O–H groups in total. The zero-order chi connectivity index (χ0) is 27.0. The summed E-state index contributed by atoms with van der Waals surface area (Å²) >= 11 is 0. The van der Waals surface area contributed by atoms with E-state index in [1.165, 1.54) is 0 Å². The van der Waals surface area contributed by atoms with Gasteiger partial charge in [-0.25, -0.2) is 0 Å². The number of rotatable bonds is 12. The van der Waals surface area contributed by atoms with Crippen LogP contribution >= 0.6 is 0 Å². The lowest BCUT2D eigenvalue weighted by atomic mass is 9.98. The number of carbonyl (C=O) groups is 6. The van der Waals surface area contributed by atoms with Crippen molar-refractivity contribution in [3.05, 3.63) is 0 Å². The summed E-state index contributed by atoms with van der Waals surface area (Å²) in [7, 11) is 0. The van der Waals surface area contributed by atoms with Gasteiger partial charge in [-0.15, -0.1) is 0 Å². The molecule has 0 aliphatic rings. The molecule has 3 radical (unpaired) electrons. The van der Waals surface area contributed by atoms with E-state index in [1.54, 1.807) is 0 Å². The van der Waals surface area contributed by atoms with Gasteiger partial charge in [0, 0.05) is 52.9 Å². The Balaban J connectivity index is -0.000000196. The Labute approximate surface area is 218 Å². The lowest BCUT2D eigenvalue weighted by molar-refractivity contribution is -0.131. The first-order chi connectivity index (χ1) is 14.8. The Hall–Kier alpha value is -1.45. The minimum Gasteiger partial charge on any atom is -0.299 e. The highest BCUT2D eigenvalue weighted by atomic mass is 27.0. The molecular formula is C27H48AlO6. The van der Waals surface area contributed by atoms with Gasteiger partial charge in [0.1, 0.15) is 34.7 Å². The zero-order valence-electron chi connectivity index (χ0n) is 23.6. The van der Waals surface area contributed by atoms with Gasteiger partial charge in [-0.05, 0) is 0 Å². The van der Waals surface area contributed by atoms with Crippen molar-refractivity contribution in [1.82, 2.24) is 0 Å². The number of hydrogen-bond donors (Lipinski definition) is 0.